The first-order valence-corrected chi connectivity index (χ1v) is 8.33. The number of imidazole rings is 1. The lowest BCUT2D eigenvalue weighted by Crippen LogP contribution is -2.29. The second-order valence-corrected chi connectivity index (χ2v) is 6.42. The highest BCUT2D eigenvalue weighted by atomic mass is 19.1. The first kappa shape index (κ1) is 17.1. The molecule has 2 atom stereocenters. The molecule has 2 amide bonds. The van der Waals surface area contributed by atoms with Crippen LogP contribution in [0.3, 0.4) is 0 Å². The van der Waals surface area contributed by atoms with Gasteiger partial charge in [-0.05, 0) is 37.5 Å². The molecule has 0 bridgehead atoms. The van der Waals surface area contributed by atoms with Gasteiger partial charge in [0.25, 0.3) is 0 Å². The molecule has 0 radical (unpaired) electrons. The van der Waals surface area contributed by atoms with Gasteiger partial charge in [0.15, 0.2) is 0 Å². The summed E-state index contributed by atoms with van der Waals surface area (Å²) in [6, 6.07) is 4.51. The molecule has 1 aliphatic carbocycles. The number of carbonyl (C=O) groups excluding carboxylic acids is 2. The molecule has 0 saturated heterocycles. The van der Waals surface area contributed by atoms with E-state index in [-0.39, 0.29) is 30.7 Å². The van der Waals surface area contributed by atoms with Crippen LogP contribution in [-0.2, 0) is 9.59 Å². The minimum absolute atomic E-state index is 0.00593. The van der Waals surface area contributed by atoms with E-state index in [2.05, 4.69) is 15.6 Å². The van der Waals surface area contributed by atoms with Gasteiger partial charge >= 0.3 is 0 Å². The molecule has 1 saturated carbocycles. The van der Waals surface area contributed by atoms with E-state index >= 15 is 0 Å². The summed E-state index contributed by atoms with van der Waals surface area (Å²) < 4.78 is 15.9. The molecule has 0 spiro atoms. The predicted octanol–water partition coefficient (Wildman–Crippen LogP) is 2.42. The molecule has 2 aromatic rings. The number of halogens is 1. The molecule has 1 heterocycles. The van der Waals surface area contributed by atoms with Crippen LogP contribution in [0.4, 0.5) is 10.1 Å². The summed E-state index contributed by atoms with van der Waals surface area (Å²) in [5.74, 6) is 0.499. The quantitative estimate of drug-likeness (QED) is 0.845. The number of amides is 2. The van der Waals surface area contributed by atoms with E-state index in [0.717, 1.165) is 6.42 Å². The average molecular weight is 344 g/mol. The summed E-state index contributed by atoms with van der Waals surface area (Å²) in [6.07, 6.45) is 4.34. The molecule has 0 aliphatic heterocycles. The smallest absolute Gasteiger partial charge is 0.226 e. The minimum atomic E-state index is -0.449. The number of aryl methyl sites for hydroxylation is 1. The maximum Gasteiger partial charge on any atom is 0.226 e. The molecular weight excluding hydrogens is 323 g/mol. The van der Waals surface area contributed by atoms with Crippen molar-refractivity contribution in [2.75, 3.05) is 11.9 Å². The van der Waals surface area contributed by atoms with Gasteiger partial charge in [-0.3, -0.25) is 9.59 Å². The number of hydrogen-bond donors (Lipinski definition) is 2. The number of anilines is 1. The molecule has 6 nitrogen and oxygen atoms in total. The third kappa shape index (κ3) is 4.04. The molecule has 2 N–H and O–H groups in total. The Bertz CT molecular complexity index is 802. The molecule has 7 heteroatoms. The van der Waals surface area contributed by atoms with Crippen molar-refractivity contribution in [1.29, 1.82) is 0 Å². The Kier molecular flexibility index (Phi) is 4.83. The number of carbonyl (C=O) groups is 2. The standard InChI is InChI=1S/C18H21FN4O2/c1-11-9-14(11)18(25)21-6-5-17(24)22-13-3-4-16(15(19)10-13)23-8-7-20-12(23)2/h3-4,7-8,10-11,14H,5-6,9H2,1-2H3,(H,21,25)(H,22,24)/t11-,14-/m0/s1. The summed E-state index contributed by atoms with van der Waals surface area (Å²) >= 11 is 0. The van der Waals surface area contributed by atoms with Gasteiger partial charge in [-0.15, -0.1) is 0 Å². The van der Waals surface area contributed by atoms with E-state index < -0.39 is 5.82 Å². The Morgan fingerprint density at radius 2 is 2.16 bits per heavy atom. The number of aromatic nitrogens is 2. The lowest BCUT2D eigenvalue weighted by atomic mass is 10.2. The monoisotopic (exact) mass is 344 g/mol. The third-order valence-corrected chi connectivity index (χ3v) is 4.41. The Labute approximate surface area is 145 Å². The lowest BCUT2D eigenvalue weighted by Gasteiger charge is -2.10. The van der Waals surface area contributed by atoms with E-state index in [1.165, 1.54) is 6.07 Å². The van der Waals surface area contributed by atoms with Crippen LogP contribution in [0.2, 0.25) is 0 Å². The number of benzene rings is 1. The fourth-order valence-corrected chi connectivity index (χ4v) is 2.75. The fraction of sp³-hybridized carbons (Fsp3) is 0.389. The maximum absolute atomic E-state index is 14.3. The summed E-state index contributed by atoms with van der Waals surface area (Å²) in [7, 11) is 0. The number of nitrogens with zero attached hydrogens (tertiary/aromatic N) is 2. The number of nitrogens with one attached hydrogen (secondary N) is 2. The van der Waals surface area contributed by atoms with Gasteiger partial charge < -0.3 is 15.2 Å². The second-order valence-electron chi connectivity index (χ2n) is 6.42. The van der Waals surface area contributed by atoms with Gasteiger partial charge in [-0.2, -0.15) is 0 Å². The van der Waals surface area contributed by atoms with Crippen LogP contribution < -0.4 is 10.6 Å². The van der Waals surface area contributed by atoms with Crippen molar-refractivity contribution < 1.29 is 14.0 Å². The first-order valence-electron chi connectivity index (χ1n) is 8.33. The molecule has 3 rings (SSSR count). The largest absolute Gasteiger partial charge is 0.355 e. The molecular formula is C18H21FN4O2. The highest BCUT2D eigenvalue weighted by Gasteiger charge is 2.38. The van der Waals surface area contributed by atoms with Crippen LogP contribution in [-0.4, -0.2) is 27.9 Å². The fourth-order valence-electron chi connectivity index (χ4n) is 2.75. The summed E-state index contributed by atoms with van der Waals surface area (Å²) in [6.45, 7) is 4.09. The summed E-state index contributed by atoms with van der Waals surface area (Å²) in [5.41, 5.74) is 0.755. The zero-order valence-corrected chi connectivity index (χ0v) is 14.3. The van der Waals surface area contributed by atoms with E-state index in [4.69, 9.17) is 0 Å². The second kappa shape index (κ2) is 7.04. The normalized spacial score (nSPS) is 18.7. The number of hydrogen-bond acceptors (Lipinski definition) is 3. The molecule has 1 aromatic carbocycles. The third-order valence-electron chi connectivity index (χ3n) is 4.41. The van der Waals surface area contributed by atoms with E-state index in [0.29, 0.717) is 23.1 Å². The molecule has 0 unspecified atom stereocenters. The van der Waals surface area contributed by atoms with E-state index in [9.17, 15) is 14.0 Å². The van der Waals surface area contributed by atoms with Crippen LogP contribution in [0.15, 0.2) is 30.6 Å². The molecule has 1 fully saturated rings. The summed E-state index contributed by atoms with van der Waals surface area (Å²) in [5, 5.41) is 5.39. The van der Waals surface area contributed by atoms with Gasteiger partial charge in [-0.25, -0.2) is 9.37 Å². The van der Waals surface area contributed by atoms with Crippen LogP contribution in [0, 0.1) is 24.6 Å². The molecule has 25 heavy (non-hydrogen) atoms. The Balaban J connectivity index is 1.52. The van der Waals surface area contributed by atoms with Gasteiger partial charge in [0, 0.05) is 37.0 Å². The SMILES string of the molecule is Cc1nccn1-c1ccc(NC(=O)CCNC(=O)[C@H]2C[C@@H]2C)cc1F. The van der Waals surface area contributed by atoms with Crippen molar-refractivity contribution in [3.8, 4) is 5.69 Å². The molecule has 1 aliphatic rings. The average Bonchev–Trinajstić information content (AvgIpc) is 3.14. The molecule has 132 valence electrons. The van der Waals surface area contributed by atoms with Crippen LogP contribution >= 0.6 is 0 Å². The predicted molar refractivity (Wildman–Crippen MR) is 91.8 cm³/mol. The van der Waals surface area contributed by atoms with Gasteiger partial charge in [0.2, 0.25) is 11.8 Å². The van der Waals surface area contributed by atoms with Crippen LogP contribution in [0.25, 0.3) is 5.69 Å². The Morgan fingerprint density at radius 1 is 1.40 bits per heavy atom. The topological polar surface area (TPSA) is 76.0 Å². The Hall–Kier alpha value is -2.70. The summed E-state index contributed by atoms with van der Waals surface area (Å²) in [4.78, 5) is 27.7. The van der Waals surface area contributed by atoms with Crippen molar-refractivity contribution in [2.24, 2.45) is 11.8 Å². The van der Waals surface area contributed by atoms with Gasteiger partial charge in [0.05, 0.1) is 5.69 Å². The van der Waals surface area contributed by atoms with E-state index in [1.807, 2.05) is 6.92 Å². The van der Waals surface area contributed by atoms with Crippen molar-refractivity contribution in [3.05, 3.63) is 42.2 Å². The van der Waals surface area contributed by atoms with Crippen LogP contribution in [0.5, 0.6) is 0 Å². The van der Waals surface area contributed by atoms with Gasteiger partial charge in [0.1, 0.15) is 11.6 Å². The zero-order chi connectivity index (χ0) is 18.0. The minimum Gasteiger partial charge on any atom is -0.355 e. The highest BCUT2D eigenvalue weighted by Crippen LogP contribution is 2.37. The Morgan fingerprint density at radius 3 is 2.76 bits per heavy atom. The molecule has 1 aromatic heterocycles. The highest BCUT2D eigenvalue weighted by molar-refractivity contribution is 5.91. The van der Waals surface area contributed by atoms with Crippen LogP contribution in [0.1, 0.15) is 25.6 Å². The maximum atomic E-state index is 14.3. The zero-order valence-electron chi connectivity index (χ0n) is 14.3. The first-order chi connectivity index (χ1) is 12.0. The van der Waals surface area contributed by atoms with E-state index in [1.54, 1.807) is 36.0 Å². The van der Waals surface area contributed by atoms with Crippen molar-refractivity contribution in [3.63, 3.8) is 0 Å². The number of rotatable bonds is 6. The van der Waals surface area contributed by atoms with Crippen molar-refractivity contribution >= 4 is 17.5 Å². The van der Waals surface area contributed by atoms with Crippen molar-refractivity contribution in [1.82, 2.24) is 14.9 Å². The van der Waals surface area contributed by atoms with Gasteiger partial charge in [-0.1, -0.05) is 6.92 Å². The lowest BCUT2D eigenvalue weighted by molar-refractivity contribution is -0.122. The van der Waals surface area contributed by atoms with Crippen molar-refractivity contribution in [2.45, 2.75) is 26.7 Å².